The van der Waals surface area contributed by atoms with E-state index < -0.39 is 0 Å². The third-order valence-corrected chi connectivity index (χ3v) is 4.19. The van der Waals surface area contributed by atoms with Crippen LogP contribution in [0, 0.1) is 5.92 Å². The Morgan fingerprint density at radius 3 is 2.20 bits per heavy atom. The zero-order valence-corrected chi connectivity index (χ0v) is 14.5. The molecule has 1 heterocycles. The van der Waals surface area contributed by atoms with Crippen molar-refractivity contribution in [2.75, 3.05) is 26.2 Å². The molecule has 20 heavy (non-hydrogen) atoms. The zero-order chi connectivity index (χ0) is 13.0. The maximum atomic E-state index is 5.99. The second kappa shape index (κ2) is 9.86. The SMILES string of the molecule is CCC(C)[C@H](c1ccc(Cl)cc1)N1CCNCC1.Cl.Cl. The number of hydrogen-bond acceptors (Lipinski definition) is 2. The van der Waals surface area contributed by atoms with Crippen LogP contribution in [-0.2, 0) is 0 Å². The maximum Gasteiger partial charge on any atom is 0.0406 e. The summed E-state index contributed by atoms with van der Waals surface area (Å²) in [5, 5.41) is 4.25. The van der Waals surface area contributed by atoms with Crippen LogP contribution >= 0.6 is 36.4 Å². The molecule has 0 aromatic heterocycles. The van der Waals surface area contributed by atoms with E-state index in [1.807, 2.05) is 12.1 Å². The van der Waals surface area contributed by atoms with Crippen molar-refractivity contribution in [3.63, 3.8) is 0 Å². The van der Waals surface area contributed by atoms with Crippen LogP contribution in [0.4, 0.5) is 0 Å². The Morgan fingerprint density at radius 1 is 1.15 bits per heavy atom. The topological polar surface area (TPSA) is 15.3 Å². The molecular formula is C15H25Cl3N2. The van der Waals surface area contributed by atoms with Crippen LogP contribution in [0.3, 0.4) is 0 Å². The highest BCUT2D eigenvalue weighted by atomic mass is 35.5. The van der Waals surface area contributed by atoms with Crippen molar-refractivity contribution in [1.29, 1.82) is 0 Å². The molecule has 1 unspecified atom stereocenters. The summed E-state index contributed by atoms with van der Waals surface area (Å²) in [6.07, 6.45) is 1.21. The maximum absolute atomic E-state index is 5.99. The average molecular weight is 340 g/mol. The van der Waals surface area contributed by atoms with Crippen LogP contribution < -0.4 is 5.32 Å². The Labute approximate surface area is 140 Å². The summed E-state index contributed by atoms with van der Waals surface area (Å²) < 4.78 is 0. The molecule has 1 N–H and O–H groups in total. The van der Waals surface area contributed by atoms with Crippen molar-refractivity contribution in [3.05, 3.63) is 34.9 Å². The van der Waals surface area contributed by atoms with Crippen LogP contribution in [0.1, 0.15) is 31.9 Å². The average Bonchev–Trinajstić information content (AvgIpc) is 2.42. The van der Waals surface area contributed by atoms with Crippen LogP contribution in [0.15, 0.2) is 24.3 Å². The summed E-state index contributed by atoms with van der Waals surface area (Å²) in [4.78, 5) is 2.61. The minimum Gasteiger partial charge on any atom is -0.314 e. The Hall–Kier alpha value is 0.01000. The third-order valence-electron chi connectivity index (χ3n) is 3.94. The first kappa shape index (κ1) is 20.0. The van der Waals surface area contributed by atoms with Gasteiger partial charge in [0.2, 0.25) is 0 Å². The van der Waals surface area contributed by atoms with Crippen LogP contribution in [0.2, 0.25) is 5.02 Å². The van der Waals surface area contributed by atoms with E-state index in [2.05, 4.69) is 36.2 Å². The van der Waals surface area contributed by atoms with Crippen molar-refractivity contribution >= 4 is 36.4 Å². The van der Waals surface area contributed by atoms with Gasteiger partial charge in [-0.2, -0.15) is 0 Å². The first-order chi connectivity index (χ1) is 8.72. The number of rotatable bonds is 4. The molecule has 0 aliphatic carbocycles. The molecule has 1 saturated heterocycles. The third kappa shape index (κ3) is 5.09. The lowest BCUT2D eigenvalue weighted by atomic mass is 9.90. The summed E-state index contributed by atoms with van der Waals surface area (Å²) >= 11 is 5.99. The van der Waals surface area contributed by atoms with Crippen LogP contribution in [0.25, 0.3) is 0 Å². The van der Waals surface area contributed by atoms with Gasteiger partial charge in [-0.3, -0.25) is 4.90 Å². The molecule has 116 valence electrons. The summed E-state index contributed by atoms with van der Waals surface area (Å²) in [5.74, 6) is 0.671. The molecule has 2 nitrogen and oxygen atoms in total. The molecule has 0 bridgehead atoms. The number of halogens is 3. The summed E-state index contributed by atoms with van der Waals surface area (Å²) in [6, 6.07) is 8.90. The van der Waals surface area contributed by atoms with Gasteiger partial charge in [0.15, 0.2) is 0 Å². The Morgan fingerprint density at radius 2 is 1.70 bits per heavy atom. The fourth-order valence-corrected chi connectivity index (χ4v) is 2.87. The van der Waals surface area contributed by atoms with Gasteiger partial charge in [-0.05, 0) is 23.6 Å². The summed E-state index contributed by atoms with van der Waals surface area (Å²) in [5.41, 5.74) is 1.40. The molecule has 1 aliphatic rings. The van der Waals surface area contributed by atoms with Crippen molar-refractivity contribution in [2.45, 2.75) is 26.3 Å². The normalized spacial score (nSPS) is 18.6. The molecular weight excluding hydrogens is 315 g/mol. The van der Waals surface area contributed by atoms with Gasteiger partial charge in [-0.25, -0.2) is 0 Å². The highest BCUT2D eigenvalue weighted by molar-refractivity contribution is 6.30. The van der Waals surface area contributed by atoms with Crippen molar-refractivity contribution in [3.8, 4) is 0 Å². The largest absolute Gasteiger partial charge is 0.314 e. The molecule has 1 aromatic rings. The standard InChI is InChI=1S/C15H23ClN2.2ClH/c1-3-12(2)15(18-10-8-17-9-11-18)13-4-6-14(16)7-5-13;;/h4-7,12,15,17H,3,8-11H2,1-2H3;2*1H/t12?,15-;;/m1../s1. The number of nitrogens with zero attached hydrogens (tertiary/aromatic N) is 1. The van der Waals surface area contributed by atoms with Gasteiger partial charge in [0.1, 0.15) is 0 Å². The Kier molecular flexibility index (Phi) is 9.86. The lowest BCUT2D eigenvalue weighted by Crippen LogP contribution is -2.46. The lowest BCUT2D eigenvalue weighted by Gasteiger charge is -2.38. The molecule has 1 aliphatic heterocycles. The van der Waals surface area contributed by atoms with E-state index in [-0.39, 0.29) is 24.8 Å². The molecule has 0 radical (unpaired) electrons. The van der Waals surface area contributed by atoms with Gasteiger partial charge in [0.25, 0.3) is 0 Å². The highest BCUT2D eigenvalue weighted by Crippen LogP contribution is 2.31. The number of piperazine rings is 1. The van der Waals surface area contributed by atoms with Crippen molar-refractivity contribution in [1.82, 2.24) is 10.2 Å². The minimum absolute atomic E-state index is 0. The first-order valence-corrected chi connectivity index (χ1v) is 7.30. The quantitative estimate of drug-likeness (QED) is 0.885. The highest BCUT2D eigenvalue weighted by Gasteiger charge is 2.26. The fourth-order valence-electron chi connectivity index (χ4n) is 2.74. The van der Waals surface area contributed by atoms with Crippen molar-refractivity contribution in [2.24, 2.45) is 5.92 Å². The van der Waals surface area contributed by atoms with Crippen LogP contribution in [0.5, 0.6) is 0 Å². The van der Waals surface area contributed by atoms with E-state index in [0.29, 0.717) is 12.0 Å². The second-order valence-corrected chi connectivity index (χ2v) is 5.60. The minimum atomic E-state index is 0. The predicted molar refractivity (Wildman–Crippen MR) is 92.6 cm³/mol. The molecule has 2 atom stereocenters. The Balaban J connectivity index is 0.00000180. The molecule has 5 heteroatoms. The van der Waals surface area contributed by atoms with Gasteiger partial charge >= 0.3 is 0 Å². The lowest BCUT2D eigenvalue weighted by molar-refractivity contribution is 0.128. The van der Waals surface area contributed by atoms with Crippen molar-refractivity contribution < 1.29 is 0 Å². The van der Waals surface area contributed by atoms with Gasteiger partial charge in [-0.1, -0.05) is 44.0 Å². The second-order valence-electron chi connectivity index (χ2n) is 5.17. The summed E-state index contributed by atoms with van der Waals surface area (Å²) in [6.45, 7) is 9.09. The fraction of sp³-hybridized carbons (Fsp3) is 0.600. The molecule has 2 rings (SSSR count). The van der Waals surface area contributed by atoms with Gasteiger partial charge < -0.3 is 5.32 Å². The molecule has 0 saturated carbocycles. The smallest absolute Gasteiger partial charge is 0.0406 e. The molecule has 0 spiro atoms. The predicted octanol–water partition coefficient (Wildman–Crippen LogP) is 4.18. The van der Waals surface area contributed by atoms with E-state index in [9.17, 15) is 0 Å². The molecule has 1 aromatic carbocycles. The van der Waals surface area contributed by atoms with Crippen LogP contribution in [-0.4, -0.2) is 31.1 Å². The van der Waals surface area contributed by atoms with E-state index in [1.165, 1.54) is 12.0 Å². The van der Waals surface area contributed by atoms with E-state index in [0.717, 1.165) is 31.2 Å². The monoisotopic (exact) mass is 338 g/mol. The number of benzene rings is 1. The molecule has 1 fully saturated rings. The number of nitrogens with one attached hydrogen (secondary N) is 1. The number of hydrogen-bond donors (Lipinski definition) is 1. The van der Waals surface area contributed by atoms with E-state index in [4.69, 9.17) is 11.6 Å². The van der Waals surface area contributed by atoms with Gasteiger partial charge in [0.05, 0.1) is 0 Å². The summed E-state index contributed by atoms with van der Waals surface area (Å²) in [7, 11) is 0. The van der Waals surface area contributed by atoms with E-state index in [1.54, 1.807) is 0 Å². The Bertz CT molecular complexity index is 364. The zero-order valence-electron chi connectivity index (χ0n) is 12.1. The first-order valence-electron chi connectivity index (χ1n) is 6.92. The van der Waals surface area contributed by atoms with E-state index >= 15 is 0 Å². The molecule has 0 amide bonds. The van der Waals surface area contributed by atoms with Gasteiger partial charge in [0, 0.05) is 37.2 Å². The van der Waals surface area contributed by atoms with Gasteiger partial charge in [-0.15, -0.1) is 24.8 Å².